The third kappa shape index (κ3) is 13.4. The zero-order valence-electron chi connectivity index (χ0n) is 12.4. The van der Waals surface area contributed by atoms with E-state index in [1.54, 1.807) is 6.92 Å². The number of hydrogen-bond donors (Lipinski definition) is 10. The number of hydrogen-bond acceptors (Lipinski definition) is 8. The Bertz CT molecular complexity index is 344. The van der Waals surface area contributed by atoms with Gasteiger partial charge in [-0.1, -0.05) is 6.92 Å². The normalized spacial score (nSPS) is 12.9. The van der Waals surface area contributed by atoms with Crippen molar-refractivity contribution in [2.75, 3.05) is 6.16 Å². The maximum absolute atomic E-state index is 11.2. The quantitative estimate of drug-likeness (QED) is 0.215. The molecule has 21 heavy (non-hydrogen) atoms. The van der Waals surface area contributed by atoms with Crippen molar-refractivity contribution in [3.8, 4) is 0 Å². The minimum Gasteiger partial charge on any atom is -0.344 e. The van der Waals surface area contributed by atoms with Crippen LogP contribution < -0.4 is 36.1 Å². The monoisotopic (exact) mass is 358 g/mol. The minimum absolute atomic E-state index is 0. The summed E-state index contributed by atoms with van der Waals surface area (Å²) in [6, 6.07) is 0. The fraction of sp³-hybridized carbons (Fsp3) is 1.00. The zero-order chi connectivity index (χ0) is 13.9. The Morgan fingerprint density at radius 3 is 1.62 bits per heavy atom. The standard InChI is InChI=1S/C7H20N2O6P2.4H3N/c1-2-7(8,9)6(17(13,14)15)4-3-5-16(10,11)12;;;;/h6H,2-5,8-9H2,1H3,(H2,10,11,12)(H2,13,14,15);4*1H3. The molecule has 136 valence electrons. The average molecular weight is 358 g/mol. The van der Waals surface area contributed by atoms with Gasteiger partial charge in [0.05, 0.1) is 11.3 Å². The van der Waals surface area contributed by atoms with Gasteiger partial charge in [-0.05, 0) is 19.3 Å². The Kier molecular flexibility index (Phi) is 18.2. The van der Waals surface area contributed by atoms with Crippen molar-refractivity contribution >= 4 is 15.2 Å². The molecule has 0 spiro atoms. The van der Waals surface area contributed by atoms with E-state index in [1.807, 2.05) is 0 Å². The van der Waals surface area contributed by atoms with Gasteiger partial charge < -0.3 is 55.6 Å². The fourth-order valence-corrected chi connectivity index (χ4v) is 3.40. The van der Waals surface area contributed by atoms with Crippen LogP contribution in [0.4, 0.5) is 0 Å². The number of nitrogens with two attached hydrogens (primary N) is 2. The molecule has 1 atom stereocenters. The molecular formula is C7H32N6O6P2. The summed E-state index contributed by atoms with van der Waals surface area (Å²) in [4.78, 5) is 35.6. The summed E-state index contributed by atoms with van der Waals surface area (Å²) in [7, 11) is -8.67. The van der Waals surface area contributed by atoms with E-state index in [0.29, 0.717) is 0 Å². The van der Waals surface area contributed by atoms with Crippen LogP contribution in [0.1, 0.15) is 26.2 Å². The predicted octanol–water partition coefficient (Wildman–Crippen LogP) is 0.162. The molecule has 0 aromatic heterocycles. The average Bonchev–Trinajstić information content (AvgIpc) is 2.08. The first-order valence-corrected chi connectivity index (χ1v) is 8.55. The molecule has 0 fully saturated rings. The second-order valence-corrected chi connectivity index (χ2v) is 7.68. The molecular weight excluding hydrogens is 326 g/mol. The van der Waals surface area contributed by atoms with Gasteiger partial charge in [-0.3, -0.25) is 9.13 Å². The first-order valence-electron chi connectivity index (χ1n) is 5.07. The summed E-state index contributed by atoms with van der Waals surface area (Å²) >= 11 is 0. The molecule has 0 saturated heterocycles. The van der Waals surface area contributed by atoms with Crippen molar-refractivity contribution in [1.29, 1.82) is 0 Å². The smallest absolute Gasteiger partial charge is 0.331 e. The van der Waals surface area contributed by atoms with Gasteiger partial charge in [0.15, 0.2) is 0 Å². The molecule has 0 aliphatic rings. The first kappa shape index (κ1) is 32.9. The highest BCUT2D eigenvalue weighted by molar-refractivity contribution is 7.52. The van der Waals surface area contributed by atoms with Crippen LogP contribution in [-0.2, 0) is 9.13 Å². The Morgan fingerprint density at radius 2 is 1.38 bits per heavy atom. The molecule has 0 radical (unpaired) electrons. The second-order valence-electron chi connectivity index (χ2n) is 4.10. The van der Waals surface area contributed by atoms with Crippen molar-refractivity contribution < 1.29 is 28.7 Å². The molecule has 0 bridgehead atoms. The van der Waals surface area contributed by atoms with E-state index in [1.165, 1.54) is 0 Å². The largest absolute Gasteiger partial charge is 0.344 e. The Hall–Kier alpha value is 0.0600. The van der Waals surface area contributed by atoms with Gasteiger partial charge in [0.2, 0.25) is 0 Å². The molecule has 0 aliphatic heterocycles. The maximum Gasteiger partial charge on any atom is 0.331 e. The molecule has 14 heteroatoms. The highest BCUT2D eigenvalue weighted by atomic mass is 31.2. The fourth-order valence-electron chi connectivity index (χ4n) is 1.48. The molecule has 0 aliphatic carbocycles. The van der Waals surface area contributed by atoms with Crippen LogP contribution in [0.3, 0.4) is 0 Å². The van der Waals surface area contributed by atoms with Gasteiger partial charge in [-0.15, -0.1) is 0 Å². The van der Waals surface area contributed by atoms with Gasteiger partial charge in [0.25, 0.3) is 0 Å². The van der Waals surface area contributed by atoms with E-state index in [4.69, 9.17) is 31.0 Å². The minimum atomic E-state index is -4.50. The van der Waals surface area contributed by atoms with E-state index in [2.05, 4.69) is 0 Å². The predicted molar refractivity (Wildman–Crippen MR) is 83.5 cm³/mol. The molecule has 0 amide bonds. The zero-order valence-corrected chi connectivity index (χ0v) is 14.2. The van der Waals surface area contributed by atoms with Crippen molar-refractivity contribution in [3.05, 3.63) is 0 Å². The summed E-state index contributed by atoms with van der Waals surface area (Å²) in [6.07, 6.45) is -0.464. The summed E-state index contributed by atoms with van der Waals surface area (Å²) in [6.45, 7) is 1.59. The second kappa shape index (κ2) is 11.6. The van der Waals surface area contributed by atoms with Gasteiger partial charge in [-0.2, -0.15) is 0 Å². The summed E-state index contributed by atoms with van der Waals surface area (Å²) in [5.41, 5.74) is 8.33. The van der Waals surface area contributed by atoms with Crippen LogP contribution in [0.25, 0.3) is 0 Å². The van der Waals surface area contributed by atoms with Crippen LogP contribution in [0.15, 0.2) is 0 Å². The lowest BCUT2D eigenvalue weighted by Gasteiger charge is -2.33. The van der Waals surface area contributed by atoms with Crippen LogP contribution in [-0.4, -0.2) is 37.1 Å². The SMILES string of the molecule is CCC(N)(N)C(CCCP(=O)(O)O)P(=O)(O)O.N.N.N.N. The van der Waals surface area contributed by atoms with Gasteiger partial charge in [0.1, 0.15) is 0 Å². The third-order valence-electron chi connectivity index (χ3n) is 2.57. The molecule has 0 rings (SSSR count). The number of rotatable bonds is 7. The topological polar surface area (TPSA) is 307 Å². The first-order chi connectivity index (χ1) is 7.40. The molecule has 1 unspecified atom stereocenters. The summed E-state index contributed by atoms with van der Waals surface area (Å²) in [5.74, 6) is 0. The van der Waals surface area contributed by atoms with E-state index in [0.717, 1.165) is 0 Å². The lowest BCUT2D eigenvalue weighted by Crippen LogP contribution is -2.58. The summed E-state index contributed by atoms with van der Waals surface area (Å²) in [5, 5.41) is 0. The molecule has 0 heterocycles. The van der Waals surface area contributed by atoms with Crippen LogP contribution in [0, 0.1) is 0 Å². The molecule has 20 N–H and O–H groups in total. The molecule has 0 saturated carbocycles. The van der Waals surface area contributed by atoms with E-state index < -0.39 is 32.7 Å². The lowest BCUT2D eigenvalue weighted by molar-refractivity contribution is 0.296. The summed E-state index contributed by atoms with van der Waals surface area (Å²) < 4.78 is 21.9. The maximum atomic E-state index is 11.2. The lowest BCUT2D eigenvalue weighted by atomic mass is 10.0. The molecule has 0 aromatic rings. The van der Waals surface area contributed by atoms with Crippen molar-refractivity contribution in [3.63, 3.8) is 0 Å². The van der Waals surface area contributed by atoms with E-state index in [-0.39, 0.29) is 43.9 Å². The van der Waals surface area contributed by atoms with E-state index in [9.17, 15) is 9.13 Å². The van der Waals surface area contributed by atoms with Crippen LogP contribution in [0.2, 0.25) is 0 Å². The Balaban J connectivity index is -0.000000213. The van der Waals surface area contributed by atoms with Gasteiger partial charge >= 0.3 is 15.2 Å². The van der Waals surface area contributed by atoms with Crippen LogP contribution in [0.5, 0.6) is 0 Å². The van der Waals surface area contributed by atoms with E-state index >= 15 is 0 Å². The van der Waals surface area contributed by atoms with Crippen molar-refractivity contribution in [1.82, 2.24) is 24.6 Å². The Morgan fingerprint density at radius 1 is 1.00 bits per heavy atom. The van der Waals surface area contributed by atoms with Crippen LogP contribution >= 0.6 is 15.2 Å². The molecule has 12 nitrogen and oxygen atoms in total. The third-order valence-corrected chi connectivity index (χ3v) is 5.02. The Labute approximate surface area is 124 Å². The van der Waals surface area contributed by atoms with Crippen molar-refractivity contribution in [2.45, 2.75) is 37.5 Å². The van der Waals surface area contributed by atoms with Crippen molar-refractivity contribution in [2.24, 2.45) is 11.5 Å². The highest BCUT2D eigenvalue weighted by Crippen LogP contribution is 2.48. The van der Waals surface area contributed by atoms with Gasteiger partial charge in [-0.25, -0.2) is 0 Å². The highest BCUT2D eigenvalue weighted by Gasteiger charge is 2.41. The molecule has 0 aromatic carbocycles. The van der Waals surface area contributed by atoms with Gasteiger partial charge in [0, 0.05) is 6.16 Å².